The minimum absolute atomic E-state index is 0.0152. The van der Waals surface area contributed by atoms with Crippen LogP contribution in [0, 0.1) is 11.1 Å². The highest BCUT2D eigenvalue weighted by molar-refractivity contribution is 6.35. The van der Waals surface area contributed by atoms with Gasteiger partial charge in [-0.15, -0.1) is 0 Å². The van der Waals surface area contributed by atoms with Crippen molar-refractivity contribution in [3.05, 3.63) is 57.0 Å². The molecule has 0 amide bonds. The predicted molar refractivity (Wildman–Crippen MR) is 108 cm³/mol. The van der Waals surface area contributed by atoms with Crippen LogP contribution in [0.2, 0.25) is 10.0 Å². The van der Waals surface area contributed by atoms with E-state index in [2.05, 4.69) is 4.74 Å². The number of ether oxygens (including phenoxy) is 3. The van der Waals surface area contributed by atoms with Crippen LogP contribution in [0.3, 0.4) is 0 Å². The molecular formula is C20H20Cl2F2N2O5. The van der Waals surface area contributed by atoms with Gasteiger partial charge in [-0.05, 0) is 36.5 Å². The van der Waals surface area contributed by atoms with Gasteiger partial charge in [-0.25, -0.2) is 0 Å². The molecule has 1 aromatic heterocycles. The van der Waals surface area contributed by atoms with Crippen LogP contribution in [0.1, 0.15) is 30.1 Å². The second kappa shape index (κ2) is 10.3. The van der Waals surface area contributed by atoms with E-state index in [0.717, 1.165) is 25.2 Å². The summed E-state index contributed by atoms with van der Waals surface area (Å²) in [5.41, 5.74) is 6.17. The molecule has 2 N–H and O–H groups in total. The predicted octanol–water partition coefficient (Wildman–Crippen LogP) is 3.80. The quantitative estimate of drug-likeness (QED) is 0.318. The number of nitrogens with zero attached hydrogens (tertiary/aromatic N) is 1. The minimum atomic E-state index is -3.03. The zero-order valence-corrected chi connectivity index (χ0v) is 17.7. The molecule has 2 aromatic rings. The zero-order chi connectivity index (χ0) is 22.5. The molecule has 1 heterocycles. The summed E-state index contributed by atoms with van der Waals surface area (Å²) in [4.78, 5) is 11.9. The molecule has 3 rings (SSSR count). The van der Waals surface area contributed by atoms with Crippen molar-refractivity contribution in [1.29, 1.82) is 0 Å². The van der Waals surface area contributed by atoms with Gasteiger partial charge in [0.2, 0.25) is 0 Å². The van der Waals surface area contributed by atoms with E-state index in [1.807, 2.05) is 0 Å². The summed E-state index contributed by atoms with van der Waals surface area (Å²) in [5.74, 6) is -0.359. The first-order valence-electron chi connectivity index (χ1n) is 9.44. The number of alkyl halides is 2. The van der Waals surface area contributed by atoms with E-state index in [4.69, 9.17) is 38.4 Å². The number of halogens is 4. The summed E-state index contributed by atoms with van der Waals surface area (Å²) < 4.78 is 41.7. The van der Waals surface area contributed by atoms with Crippen LogP contribution in [0.5, 0.6) is 11.5 Å². The SMILES string of the molecule is NCC(=O)OC(Cc1c(Cl)c[n+]([O-])cc1Cl)c1ccc(OC(F)F)c(OCC2CC2)c1. The highest BCUT2D eigenvalue weighted by atomic mass is 35.5. The Hall–Kier alpha value is -2.36. The van der Waals surface area contributed by atoms with Gasteiger partial charge in [-0.1, -0.05) is 29.3 Å². The Kier molecular flexibility index (Phi) is 7.74. The van der Waals surface area contributed by atoms with Gasteiger partial charge in [0, 0.05) is 12.0 Å². The Bertz CT molecular complexity index is 921. The zero-order valence-electron chi connectivity index (χ0n) is 16.2. The molecule has 168 valence electrons. The lowest BCUT2D eigenvalue weighted by Crippen LogP contribution is -2.26. The number of aromatic nitrogens is 1. The monoisotopic (exact) mass is 476 g/mol. The first-order valence-corrected chi connectivity index (χ1v) is 10.2. The number of nitrogens with two attached hydrogens (primary N) is 1. The molecule has 11 heteroatoms. The highest BCUT2D eigenvalue weighted by Crippen LogP contribution is 2.37. The molecule has 31 heavy (non-hydrogen) atoms. The molecule has 7 nitrogen and oxygen atoms in total. The van der Waals surface area contributed by atoms with Gasteiger partial charge in [-0.3, -0.25) is 4.79 Å². The van der Waals surface area contributed by atoms with Gasteiger partial charge in [0.25, 0.3) is 0 Å². The summed E-state index contributed by atoms with van der Waals surface area (Å²) in [6, 6.07) is 4.24. The van der Waals surface area contributed by atoms with E-state index in [1.54, 1.807) is 0 Å². The molecule has 0 bridgehead atoms. The Morgan fingerprint density at radius 3 is 2.48 bits per heavy atom. The van der Waals surface area contributed by atoms with Crippen molar-refractivity contribution < 1.29 is 32.5 Å². The van der Waals surface area contributed by atoms with E-state index < -0.39 is 18.7 Å². The van der Waals surface area contributed by atoms with E-state index in [9.17, 15) is 18.8 Å². The maximum absolute atomic E-state index is 12.8. The number of hydrogen-bond donors (Lipinski definition) is 1. The largest absolute Gasteiger partial charge is 0.619 e. The third-order valence-corrected chi connectivity index (χ3v) is 5.27. The van der Waals surface area contributed by atoms with Gasteiger partial charge in [0.1, 0.15) is 16.1 Å². The topological polar surface area (TPSA) is 97.7 Å². The third-order valence-electron chi connectivity index (χ3n) is 4.61. The lowest BCUT2D eigenvalue weighted by Gasteiger charge is -2.21. The fraction of sp³-hybridized carbons (Fsp3) is 0.400. The average molecular weight is 477 g/mol. The summed E-state index contributed by atoms with van der Waals surface area (Å²) in [5, 5.41) is 11.7. The first-order chi connectivity index (χ1) is 14.8. The maximum atomic E-state index is 12.8. The van der Waals surface area contributed by atoms with Crippen LogP contribution in [0.15, 0.2) is 30.6 Å². The van der Waals surface area contributed by atoms with Crippen LogP contribution in [-0.2, 0) is 16.0 Å². The van der Waals surface area contributed by atoms with Gasteiger partial charge in [0.05, 0.1) is 13.2 Å². The number of benzene rings is 1. The van der Waals surface area contributed by atoms with Gasteiger partial charge >= 0.3 is 12.6 Å². The number of hydrogen-bond acceptors (Lipinski definition) is 6. The Morgan fingerprint density at radius 2 is 1.90 bits per heavy atom. The van der Waals surface area contributed by atoms with Crippen molar-refractivity contribution in [3.8, 4) is 11.5 Å². The van der Waals surface area contributed by atoms with Crippen LogP contribution in [0.25, 0.3) is 0 Å². The highest BCUT2D eigenvalue weighted by Gasteiger charge is 2.26. The lowest BCUT2D eigenvalue weighted by atomic mass is 10.0. The Balaban J connectivity index is 1.93. The summed E-state index contributed by atoms with van der Waals surface area (Å²) in [7, 11) is 0. The van der Waals surface area contributed by atoms with Crippen molar-refractivity contribution in [1.82, 2.24) is 0 Å². The van der Waals surface area contributed by atoms with Crippen LogP contribution in [0.4, 0.5) is 8.78 Å². The molecule has 0 aliphatic heterocycles. The second-order valence-corrected chi connectivity index (χ2v) is 7.83. The van der Waals surface area contributed by atoms with Crippen molar-refractivity contribution in [2.24, 2.45) is 11.7 Å². The third kappa shape index (κ3) is 6.56. The molecular weight excluding hydrogens is 457 g/mol. The molecule has 1 unspecified atom stereocenters. The van der Waals surface area contributed by atoms with Gasteiger partial charge < -0.3 is 25.2 Å². The maximum Gasteiger partial charge on any atom is 0.387 e. The lowest BCUT2D eigenvalue weighted by molar-refractivity contribution is -0.605. The summed E-state index contributed by atoms with van der Waals surface area (Å²) in [6.07, 6.45) is 3.35. The molecule has 0 spiro atoms. The fourth-order valence-corrected chi connectivity index (χ4v) is 3.47. The van der Waals surface area contributed by atoms with Crippen LogP contribution >= 0.6 is 23.2 Å². The Morgan fingerprint density at radius 1 is 1.23 bits per heavy atom. The van der Waals surface area contributed by atoms with Crippen LogP contribution < -0.4 is 19.9 Å². The number of carbonyl (C=O) groups excluding carboxylic acids is 1. The molecule has 0 radical (unpaired) electrons. The first kappa shape index (κ1) is 23.3. The van der Waals surface area contributed by atoms with Crippen molar-refractivity contribution in [2.45, 2.75) is 32.0 Å². The molecule has 1 saturated carbocycles. The average Bonchev–Trinajstić information content (AvgIpc) is 3.53. The summed E-state index contributed by atoms with van der Waals surface area (Å²) >= 11 is 12.3. The van der Waals surface area contributed by atoms with Crippen molar-refractivity contribution in [2.75, 3.05) is 13.2 Å². The minimum Gasteiger partial charge on any atom is -0.619 e. The van der Waals surface area contributed by atoms with Gasteiger partial charge in [0.15, 0.2) is 23.9 Å². The van der Waals surface area contributed by atoms with E-state index in [1.165, 1.54) is 18.2 Å². The fourth-order valence-electron chi connectivity index (χ4n) is 2.87. The number of pyridine rings is 1. The standard InChI is InChI=1S/C20H20Cl2F2N2O5/c21-14-8-26(28)9-15(22)13(14)6-17(30-19(27)7-25)12-3-4-16(31-20(23)24)18(5-12)29-10-11-1-2-11/h3-5,8-9,11,17,20H,1-2,6-7,10,25H2. The number of carbonyl (C=O) groups is 1. The molecule has 1 aliphatic rings. The van der Waals surface area contributed by atoms with Gasteiger partial charge in [-0.2, -0.15) is 13.5 Å². The molecule has 0 saturated heterocycles. The second-order valence-electron chi connectivity index (χ2n) is 7.02. The van der Waals surface area contributed by atoms with Crippen LogP contribution in [-0.4, -0.2) is 25.7 Å². The van der Waals surface area contributed by atoms with E-state index in [0.29, 0.717) is 28.4 Å². The summed E-state index contributed by atoms with van der Waals surface area (Å²) in [6.45, 7) is -3.04. The van der Waals surface area contributed by atoms with Crippen molar-refractivity contribution in [3.63, 3.8) is 0 Å². The molecule has 1 atom stereocenters. The Labute approximate surface area is 187 Å². The molecule has 1 aliphatic carbocycles. The number of rotatable bonds is 10. The van der Waals surface area contributed by atoms with E-state index >= 15 is 0 Å². The van der Waals surface area contributed by atoms with Crippen molar-refractivity contribution >= 4 is 29.2 Å². The van der Waals surface area contributed by atoms with E-state index in [-0.39, 0.29) is 34.5 Å². The molecule has 1 fully saturated rings. The number of esters is 1. The normalized spacial score (nSPS) is 14.4. The molecule has 1 aromatic carbocycles. The smallest absolute Gasteiger partial charge is 0.387 e.